The second-order valence-corrected chi connectivity index (χ2v) is 8.42. The van der Waals surface area contributed by atoms with Crippen molar-refractivity contribution < 1.29 is 4.52 Å². The van der Waals surface area contributed by atoms with E-state index in [1.807, 2.05) is 18.2 Å². The molecular weight excluding hydrogens is 412 g/mol. The van der Waals surface area contributed by atoms with Gasteiger partial charge in [-0.15, -0.1) is 16.4 Å². The van der Waals surface area contributed by atoms with E-state index in [0.717, 1.165) is 36.1 Å². The molecule has 0 atom stereocenters. The molecule has 6 rings (SSSR count). The summed E-state index contributed by atoms with van der Waals surface area (Å²) in [5.74, 6) is 0.521. The van der Waals surface area contributed by atoms with Gasteiger partial charge in [0.05, 0.1) is 10.4 Å². The monoisotopic (exact) mass is 424 g/mol. The Kier molecular flexibility index (Phi) is 3.62. The van der Waals surface area contributed by atoms with E-state index in [0.29, 0.717) is 33.1 Å². The minimum Gasteiger partial charge on any atom is -0.332 e. The van der Waals surface area contributed by atoms with Gasteiger partial charge in [0.15, 0.2) is 11.3 Å². The van der Waals surface area contributed by atoms with Crippen molar-refractivity contribution in [3.8, 4) is 23.0 Å². The van der Waals surface area contributed by atoms with Crippen LogP contribution in [0.25, 0.3) is 38.8 Å². The molecule has 0 saturated heterocycles. The smallest absolute Gasteiger partial charge is 0.282 e. The quantitative estimate of drug-likeness (QED) is 0.461. The van der Waals surface area contributed by atoms with Crippen molar-refractivity contribution in [2.45, 2.75) is 25.7 Å². The summed E-state index contributed by atoms with van der Waals surface area (Å²) in [7, 11) is 0. The Morgan fingerprint density at radius 1 is 1.17 bits per heavy atom. The molecule has 0 spiro atoms. The van der Waals surface area contributed by atoms with Crippen LogP contribution >= 0.6 is 22.9 Å². The van der Waals surface area contributed by atoms with E-state index in [2.05, 4.69) is 25.4 Å². The molecule has 0 fully saturated rings. The predicted molar refractivity (Wildman–Crippen MR) is 109 cm³/mol. The number of aromatic nitrogens is 6. The fourth-order valence-electron chi connectivity index (χ4n) is 3.84. The number of aryl methyl sites for hydroxylation is 2. The highest BCUT2D eigenvalue weighted by molar-refractivity contribution is 7.18. The number of nitrogens with zero attached hydrogens (tertiary/aromatic N) is 5. The van der Waals surface area contributed by atoms with E-state index in [9.17, 15) is 4.79 Å². The highest BCUT2D eigenvalue weighted by Gasteiger charge is 2.24. The van der Waals surface area contributed by atoms with Crippen LogP contribution < -0.4 is 5.56 Å². The molecular formula is C19H13ClN6O2S. The lowest BCUT2D eigenvalue weighted by Gasteiger charge is -2.09. The predicted octanol–water partition coefficient (Wildman–Crippen LogP) is 3.88. The normalized spacial score (nSPS) is 14.0. The Bertz CT molecular complexity index is 1460. The highest BCUT2D eigenvalue weighted by Crippen LogP contribution is 2.35. The molecule has 29 heavy (non-hydrogen) atoms. The van der Waals surface area contributed by atoms with E-state index in [-0.39, 0.29) is 11.4 Å². The van der Waals surface area contributed by atoms with Gasteiger partial charge in [-0.2, -0.15) is 9.97 Å². The van der Waals surface area contributed by atoms with Crippen molar-refractivity contribution >= 4 is 38.8 Å². The topological polar surface area (TPSA) is 102 Å². The largest absolute Gasteiger partial charge is 0.332 e. The Morgan fingerprint density at radius 2 is 2.03 bits per heavy atom. The Balaban J connectivity index is 1.54. The van der Waals surface area contributed by atoms with Gasteiger partial charge in [-0.1, -0.05) is 28.9 Å². The SMILES string of the molecule is O=c1nc2c(-c3nc(-c4ccccc4Cl)no3)n[nH]n2c2sc3c(c12)CCCC3. The van der Waals surface area contributed by atoms with Crippen LogP contribution in [0, 0.1) is 0 Å². The fourth-order valence-corrected chi connectivity index (χ4v) is 5.40. The molecule has 4 aromatic heterocycles. The second kappa shape index (κ2) is 6.23. The van der Waals surface area contributed by atoms with Gasteiger partial charge < -0.3 is 4.52 Å². The first-order valence-electron chi connectivity index (χ1n) is 9.21. The van der Waals surface area contributed by atoms with E-state index < -0.39 is 0 Å². The summed E-state index contributed by atoms with van der Waals surface area (Å²) in [5.41, 5.74) is 2.25. The van der Waals surface area contributed by atoms with E-state index >= 15 is 0 Å². The van der Waals surface area contributed by atoms with Gasteiger partial charge in [0, 0.05) is 10.4 Å². The standard InChI is InChI=1S/C19H13ClN6O2S/c20-11-7-3-1-5-9(11)15-21-18(28-24-15)14-16-22-17(27)13-10-6-2-4-8-12(10)29-19(13)26(16)25-23-14/h1,3,5,7,25H,2,4,6,8H2. The molecule has 5 aromatic rings. The maximum absolute atomic E-state index is 12.8. The lowest BCUT2D eigenvalue weighted by Crippen LogP contribution is -2.11. The minimum absolute atomic E-state index is 0.172. The van der Waals surface area contributed by atoms with Crippen molar-refractivity contribution in [1.82, 2.24) is 30.0 Å². The third kappa shape index (κ3) is 2.47. The maximum atomic E-state index is 12.8. The van der Waals surface area contributed by atoms with Crippen molar-refractivity contribution in [2.75, 3.05) is 0 Å². The lowest BCUT2D eigenvalue weighted by atomic mass is 9.97. The maximum Gasteiger partial charge on any atom is 0.282 e. The highest BCUT2D eigenvalue weighted by atomic mass is 35.5. The average molecular weight is 425 g/mol. The zero-order valence-electron chi connectivity index (χ0n) is 15.0. The molecule has 1 N–H and O–H groups in total. The summed E-state index contributed by atoms with van der Waals surface area (Å²) in [4.78, 5) is 23.6. The summed E-state index contributed by atoms with van der Waals surface area (Å²) < 4.78 is 7.14. The molecule has 1 aliphatic rings. The first kappa shape index (κ1) is 16.9. The number of halogens is 1. The van der Waals surface area contributed by atoms with E-state index in [4.69, 9.17) is 16.1 Å². The number of hydrogen-bond donors (Lipinski definition) is 1. The van der Waals surface area contributed by atoms with Crippen molar-refractivity contribution in [1.29, 1.82) is 0 Å². The van der Waals surface area contributed by atoms with Gasteiger partial charge in [-0.25, -0.2) is 9.73 Å². The van der Waals surface area contributed by atoms with Crippen LogP contribution in [0.1, 0.15) is 23.3 Å². The molecule has 1 aliphatic carbocycles. The number of nitrogens with one attached hydrogen (secondary N) is 1. The summed E-state index contributed by atoms with van der Waals surface area (Å²) in [6, 6.07) is 7.24. The number of fused-ring (bicyclic) bond motifs is 5. The number of H-pyrrole nitrogens is 1. The fraction of sp³-hybridized carbons (Fsp3) is 0.211. The first-order chi connectivity index (χ1) is 14.2. The van der Waals surface area contributed by atoms with Crippen LogP contribution in [-0.2, 0) is 12.8 Å². The number of thiophene rings is 1. The Hall–Kier alpha value is -3.04. The van der Waals surface area contributed by atoms with Crippen LogP contribution in [-0.4, -0.2) is 30.0 Å². The minimum atomic E-state index is -0.243. The second-order valence-electron chi connectivity index (χ2n) is 6.93. The number of benzene rings is 1. The van der Waals surface area contributed by atoms with Crippen LogP contribution in [0.2, 0.25) is 5.02 Å². The molecule has 0 unspecified atom stereocenters. The number of aromatic amines is 1. The summed E-state index contributed by atoms with van der Waals surface area (Å²) in [6.45, 7) is 0. The molecule has 8 nitrogen and oxygen atoms in total. The molecule has 0 bridgehead atoms. The zero-order chi connectivity index (χ0) is 19.5. The van der Waals surface area contributed by atoms with Gasteiger partial charge in [0.1, 0.15) is 4.83 Å². The van der Waals surface area contributed by atoms with E-state index in [1.165, 1.54) is 4.88 Å². The molecule has 4 heterocycles. The van der Waals surface area contributed by atoms with Crippen LogP contribution in [0.4, 0.5) is 0 Å². The number of hydrogen-bond acceptors (Lipinski definition) is 7. The molecule has 10 heteroatoms. The van der Waals surface area contributed by atoms with Crippen LogP contribution in [0.3, 0.4) is 0 Å². The first-order valence-corrected chi connectivity index (χ1v) is 10.4. The molecule has 0 saturated carbocycles. The number of rotatable bonds is 2. The summed E-state index contributed by atoms with van der Waals surface area (Å²) in [6.07, 6.45) is 4.17. The van der Waals surface area contributed by atoms with Crippen LogP contribution in [0.15, 0.2) is 33.6 Å². The van der Waals surface area contributed by atoms with Crippen molar-refractivity contribution in [2.24, 2.45) is 0 Å². The van der Waals surface area contributed by atoms with Gasteiger partial charge in [0.25, 0.3) is 11.4 Å². The Labute approximate surface area is 172 Å². The van der Waals surface area contributed by atoms with Crippen molar-refractivity contribution in [3.63, 3.8) is 0 Å². The molecule has 144 valence electrons. The van der Waals surface area contributed by atoms with Gasteiger partial charge in [-0.3, -0.25) is 4.79 Å². The molecule has 1 aromatic carbocycles. The van der Waals surface area contributed by atoms with Gasteiger partial charge in [-0.05, 0) is 43.4 Å². The van der Waals surface area contributed by atoms with E-state index in [1.54, 1.807) is 21.9 Å². The van der Waals surface area contributed by atoms with Crippen molar-refractivity contribution in [3.05, 3.63) is 50.1 Å². The average Bonchev–Trinajstić information content (AvgIpc) is 3.44. The Morgan fingerprint density at radius 3 is 2.93 bits per heavy atom. The molecule has 0 aliphatic heterocycles. The molecule has 0 amide bonds. The van der Waals surface area contributed by atoms with Gasteiger partial charge in [0.2, 0.25) is 5.82 Å². The third-order valence-corrected chi connectivity index (χ3v) is 6.81. The lowest BCUT2D eigenvalue weighted by molar-refractivity contribution is 0.431. The summed E-state index contributed by atoms with van der Waals surface area (Å²) in [5, 5.41) is 12.5. The van der Waals surface area contributed by atoms with Gasteiger partial charge >= 0.3 is 0 Å². The zero-order valence-corrected chi connectivity index (χ0v) is 16.5. The van der Waals surface area contributed by atoms with Crippen LogP contribution in [0.5, 0.6) is 0 Å². The molecule has 0 radical (unpaired) electrons. The third-order valence-electron chi connectivity index (χ3n) is 5.21. The summed E-state index contributed by atoms with van der Waals surface area (Å²) >= 11 is 7.85.